The molecule has 0 radical (unpaired) electrons. The Morgan fingerprint density at radius 2 is 2.32 bits per heavy atom. The monoisotopic (exact) mass is 325 g/mol. The number of nitrogens with one attached hydrogen (secondary N) is 1. The fraction of sp³-hybridized carbons (Fsp3) is 0.625. The number of carbonyl (C=O) groups excluding carboxylic acids is 1. The Morgan fingerprint density at radius 1 is 1.55 bits per heavy atom. The van der Waals surface area contributed by atoms with Crippen LogP contribution in [0.15, 0.2) is 18.5 Å². The molecule has 0 bridgehead atoms. The highest BCUT2D eigenvalue weighted by molar-refractivity contribution is 6.31. The topological polar surface area (TPSA) is 54.5 Å². The fourth-order valence-corrected chi connectivity index (χ4v) is 2.72. The van der Waals surface area contributed by atoms with Crippen molar-refractivity contribution >= 4 is 17.7 Å². The molecule has 2 heterocycles. The maximum atomic E-state index is 11.7. The van der Waals surface area contributed by atoms with E-state index < -0.39 is 5.60 Å². The molecular formula is C16H24ClN3O2. The number of alkyl carbamates (subject to hydrolysis) is 1. The Balaban J connectivity index is 1.74. The average molecular weight is 326 g/mol. The summed E-state index contributed by atoms with van der Waals surface area (Å²) in [6.45, 7) is 9.03. The van der Waals surface area contributed by atoms with E-state index in [9.17, 15) is 4.79 Å². The van der Waals surface area contributed by atoms with Crippen molar-refractivity contribution < 1.29 is 9.53 Å². The highest BCUT2D eigenvalue weighted by atomic mass is 35.5. The van der Waals surface area contributed by atoms with E-state index in [1.54, 1.807) is 12.4 Å². The van der Waals surface area contributed by atoms with Gasteiger partial charge in [-0.25, -0.2) is 4.79 Å². The largest absolute Gasteiger partial charge is 0.444 e. The van der Waals surface area contributed by atoms with Crippen LogP contribution in [0.25, 0.3) is 0 Å². The smallest absolute Gasteiger partial charge is 0.407 e. The summed E-state index contributed by atoms with van der Waals surface area (Å²) in [6, 6.07) is 1.95. The van der Waals surface area contributed by atoms with E-state index >= 15 is 0 Å². The number of pyridine rings is 1. The second-order valence-corrected chi connectivity index (χ2v) is 7.15. The number of likely N-dealkylation sites (tertiary alicyclic amines) is 1. The molecule has 1 aromatic rings. The number of carbonyl (C=O) groups is 1. The van der Waals surface area contributed by atoms with Crippen LogP contribution in [0, 0.1) is 5.92 Å². The van der Waals surface area contributed by atoms with Gasteiger partial charge < -0.3 is 10.1 Å². The summed E-state index contributed by atoms with van der Waals surface area (Å²) in [6.07, 6.45) is 4.16. The lowest BCUT2D eigenvalue weighted by Gasteiger charge is -2.21. The zero-order valence-electron chi connectivity index (χ0n) is 13.4. The van der Waals surface area contributed by atoms with Gasteiger partial charge in [-0.3, -0.25) is 9.88 Å². The molecule has 0 spiro atoms. The Bertz CT molecular complexity index is 516. The van der Waals surface area contributed by atoms with Crippen LogP contribution in [0.5, 0.6) is 0 Å². The summed E-state index contributed by atoms with van der Waals surface area (Å²) in [5, 5.41) is 3.56. The molecule has 22 heavy (non-hydrogen) atoms. The molecule has 0 aromatic carbocycles. The minimum atomic E-state index is -0.454. The molecule has 1 aromatic heterocycles. The van der Waals surface area contributed by atoms with Crippen molar-refractivity contribution in [2.75, 3.05) is 19.6 Å². The zero-order chi connectivity index (χ0) is 16.2. The SMILES string of the molecule is CC(C)(C)OC(=O)NC[C@H]1CCN(Cc2ccncc2Cl)C1. The van der Waals surface area contributed by atoms with Crippen LogP contribution in [-0.2, 0) is 11.3 Å². The highest BCUT2D eigenvalue weighted by Crippen LogP contribution is 2.21. The number of hydrogen-bond acceptors (Lipinski definition) is 4. The van der Waals surface area contributed by atoms with Gasteiger partial charge in [0.15, 0.2) is 0 Å². The average Bonchev–Trinajstić information content (AvgIpc) is 2.85. The summed E-state index contributed by atoms with van der Waals surface area (Å²) >= 11 is 6.14. The molecule has 1 saturated heterocycles. The molecule has 1 atom stereocenters. The van der Waals surface area contributed by atoms with Crippen molar-refractivity contribution in [3.05, 3.63) is 29.0 Å². The van der Waals surface area contributed by atoms with Gasteiger partial charge in [0.25, 0.3) is 0 Å². The van der Waals surface area contributed by atoms with Gasteiger partial charge in [-0.1, -0.05) is 11.6 Å². The molecule has 0 unspecified atom stereocenters. The molecule has 1 amide bonds. The van der Waals surface area contributed by atoms with Crippen LogP contribution in [0.3, 0.4) is 0 Å². The molecule has 0 aliphatic carbocycles. The maximum absolute atomic E-state index is 11.7. The minimum Gasteiger partial charge on any atom is -0.444 e. The lowest BCUT2D eigenvalue weighted by molar-refractivity contribution is 0.0519. The van der Waals surface area contributed by atoms with Crippen molar-refractivity contribution in [1.29, 1.82) is 0 Å². The molecule has 0 saturated carbocycles. The van der Waals surface area contributed by atoms with Crippen LogP contribution < -0.4 is 5.32 Å². The highest BCUT2D eigenvalue weighted by Gasteiger charge is 2.24. The second kappa shape index (κ2) is 7.29. The summed E-state index contributed by atoms with van der Waals surface area (Å²) in [5.74, 6) is 0.452. The summed E-state index contributed by atoms with van der Waals surface area (Å²) in [5.41, 5.74) is 0.640. The van der Waals surface area contributed by atoms with Crippen LogP contribution in [0.2, 0.25) is 5.02 Å². The van der Waals surface area contributed by atoms with Gasteiger partial charge in [0.2, 0.25) is 0 Å². The molecule has 1 fully saturated rings. The normalized spacial score (nSPS) is 19.2. The number of rotatable bonds is 4. The number of ether oxygens (including phenoxy) is 1. The Hall–Kier alpha value is -1.33. The van der Waals surface area contributed by atoms with Crippen LogP contribution in [0.1, 0.15) is 32.8 Å². The number of hydrogen-bond donors (Lipinski definition) is 1. The van der Waals surface area contributed by atoms with Crippen molar-refractivity contribution in [2.45, 2.75) is 39.3 Å². The van der Waals surface area contributed by atoms with E-state index in [4.69, 9.17) is 16.3 Å². The Kier molecular flexibility index (Phi) is 5.64. The van der Waals surface area contributed by atoms with Gasteiger partial charge in [0.1, 0.15) is 5.60 Å². The van der Waals surface area contributed by atoms with E-state index in [-0.39, 0.29) is 6.09 Å². The quantitative estimate of drug-likeness (QED) is 0.924. The van der Waals surface area contributed by atoms with E-state index in [2.05, 4.69) is 15.2 Å². The van der Waals surface area contributed by atoms with Crippen molar-refractivity contribution in [2.24, 2.45) is 5.92 Å². The lowest BCUT2D eigenvalue weighted by Crippen LogP contribution is -2.36. The van der Waals surface area contributed by atoms with E-state index in [1.165, 1.54) is 0 Å². The fourth-order valence-electron chi connectivity index (χ4n) is 2.54. The predicted molar refractivity (Wildman–Crippen MR) is 86.9 cm³/mol. The molecule has 2 rings (SSSR count). The number of amides is 1. The molecular weight excluding hydrogens is 302 g/mol. The predicted octanol–water partition coefficient (Wildman–Crippen LogP) is 3.08. The molecule has 6 heteroatoms. The van der Waals surface area contributed by atoms with E-state index in [0.29, 0.717) is 17.5 Å². The first kappa shape index (κ1) is 17.0. The van der Waals surface area contributed by atoms with Crippen molar-refractivity contribution in [3.8, 4) is 0 Å². The second-order valence-electron chi connectivity index (χ2n) is 6.74. The molecule has 1 aliphatic heterocycles. The van der Waals surface area contributed by atoms with Crippen LogP contribution >= 0.6 is 11.6 Å². The molecule has 122 valence electrons. The van der Waals surface area contributed by atoms with Gasteiger partial charge in [-0.05, 0) is 51.3 Å². The third kappa shape index (κ3) is 5.46. The van der Waals surface area contributed by atoms with Gasteiger partial charge in [-0.2, -0.15) is 0 Å². The third-order valence-electron chi connectivity index (χ3n) is 3.55. The zero-order valence-corrected chi connectivity index (χ0v) is 14.2. The van der Waals surface area contributed by atoms with E-state index in [1.807, 2.05) is 26.8 Å². The Morgan fingerprint density at radius 3 is 3.00 bits per heavy atom. The standard InChI is InChI=1S/C16H24ClN3O2/c1-16(2,3)22-15(21)19-8-12-5-7-20(10-12)11-13-4-6-18-9-14(13)17/h4,6,9,12H,5,7-8,10-11H2,1-3H3,(H,19,21)/t12-/m1/s1. The van der Waals surface area contributed by atoms with Crippen molar-refractivity contribution in [3.63, 3.8) is 0 Å². The number of nitrogens with zero attached hydrogens (tertiary/aromatic N) is 2. The van der Waals surface area contributed by atoms with Gasteiger partial charge in [-0.15, -0.1) is 0 Å². The summed E-state index contributed by atoms with van der Waals surface area (Å²) in [4.78, 5) is 18.0. The molecule has 1 aliphatic rings. The Labute approximate surface area is 137 Å². The van der Waals surface area contributed by atoms with Gasteiger partial charge in [0, 0.05) is 32.0 Å². The first-order chi connectivity index (χ1) is 10.3. The van der Waals surface area contributed by atoms with E-state index in [0.717, 1.165) is 31.6 Å². The summed E-state index contributed by atoms with van der Waals surface area (Å²) < 4.78 is 5.25. The van der Waals surface area contributed by atoms with Gasteiger partial charge in [0.05, 0.1) is 5.02 Å². The number of aromatic nitrogens is 1. The molecule has 5 nitrogen and oxygen atoms in total. The minimum absolute atomic E-state index is 0.344. The first-order valence-corrected chi connectivity index (χ1v) is 7.99. The molecule has 1 N–H and O–H groups in total. The first-order valence-electron chi connectivity index (χ1n) is 7.61. The van der Waals surface area contributed by atoms with Gasteiger partial charge >= 0.3 is 6.09 Å². The maximum Gasteiger partial charge on any atom is 0.407 e. The van der Waals surface area contributed by atoms with Crippen molar-refractivity contribution in [1.82, 2.24) is 15.2 Å². The lowest BCUT2D eigenvalue weighted by atomic mass is 10.1. The summed E-state index contributed by atoms with van der Waals surface area (Å²) in [7, 11) is 0. The van der Waals surface area contributed by atoms with Crippen LogP contribution in [-0.4, -0.2) is 41.2 Å². The third-order valence-corrected chi connectivity index (χ3v) is 3.89. The number of halogens is 1. The van der Waals surface area contributed by atoms with Crippen LogP contribution in [0.4, 0.5) is 4.79 Å².